The number of carbonyl (C=O) groups is 1. The second-order valence-corrected chi connectivity index (χ2v) is 8.88. The molecule has 1 N–H and O–H groups in total. The Kier molecular flexibility index (Phi) is 5.86. The van der Waals surface area contributed by atoms with Crippen LogP contribution in [0, 0.1) is 5.92 Å². The maximum atomic E-state index is 12.3. The van der Waals surface area contributed by atoms with Crippen LogP contribution in [0.3, 0.4) is 0 Å². The lowest BCUT2D eigenvalue weighted by Crippen LogP contribution is -2.39. The number of amides is 1. The highest BCUT2D eigenvalue weighted by Crippen LogP contribution is 2.37. The van der Waals surface area contributed by atoms with Crippen LogP contribution >= 0.6 is 0 Å². The average molecular weight is 411 g/mol. The van der Waals surface area contributed by atoms with Gasteiger partial charge >= 0.3 is 0 Å². The van der Waals surface area contributed by atoms with Crippen LogP contribution in [0.15, 0.2) is 84.9 Å². The maximum Gasteiger partial charge on any atom is 0.252 e. The molecule has 3 aromatic rings. The number of carbonyl (C=O) groups excluding carboxylic acids is 1. The molecule has 3 heteroatoms. The molecule has 2 heterocycles. The molecule has 0 spiro atoms. The highest BCUT2D eigenvalue weighted by molar-refractivity contribution is 5.99. The van der Waals surface area contributed by atoms with Gasteiger partial charge in [-0.1, -0.05) is 78.9 Å². The first-order valence-corrected chi connectivity index (χ1v) is 11.5. The summed E-state index contributed by atoms with van der Waals surface area (Å²) < 4.78 is 0. The predicted octanol–water partition coefficient (Wildman–Crippen LogP) is 5.41. The Hall–Kier alpha value is -2.91. The first kappa shape index (κ1) is 20.0. The van der Waals surface area contributed by atoms with Crippen molar-refractivity contribution in [3.63, 3.8) is 0 Å². The number of rotatable bonds is 6. The van der Waals surface area contributed by atoms with Crippen LogP contribution in [0.5, 0.6) is 0 Å². The number of nitrogens with zero attached hydrogens (tertiary/aromatic N) is 1. The Labute approximate surface area is 185 Å². The lowest BCUT2D eigenvalue weighted by molar-refractivity contribution is 0.0926. The van der Waals surface area contributed by atoms with Gasteiger partial charge in [-0.25, -0.2) is 0 Å². The zero-order valence-electron chi connectivity index (χ0n) is 17.9. The molecular formula is C28H30N2O. The summed E-state index contributed by atoms with van der Waals surface area (Å²) in [5.74, 6) is 1.06. The molecule has 1 saturated heterocycles. The molecule has 0 aliphatic carbocycles. The van der Waals surface area contributed by atoms with E-state index in [0.717, 1.165) is 44.5 Å². The maximum absolute atomic E-state index is 12.3. The minimum absolute atomic E-state index is 0.0941. The van der Waals surface area contributed by atoms with Gasteiger partial charge < -0.3 is 10.2 Å². The van der Waals surface area contributed by atoms with Gasteiger partial charge in [0.25, 0.3) is 5.91 Å². The Morgan fingerprint density at radius 1 is 0.806 bits per heavy atom. The summed E-state index contributed by atoms with van der Waals surface area (Å²) in [6, 6.07) is 30.0. The van der Waals surface area contributed by atoms with E-state index in [9.17, 15) is 4.79 Å². The van der Waals surface area contributed by atoms with E-state index in [2.05, 4.69) is 83.0 Å². The molecule has 31 heavy (non-hydrogen) atoms. The molecule has 1 atom stereocenters. The summed E-state index contributed by atoms with van der Waals surface area (Å²) in [6.45, 7) is 3.32. The van der Waals surface area contributed by atoms with Crippen LogP contribution in [0.2, 0.25) is 0 Å². The molecule has 0 radical (unpaired) electrons. The van der Waals surface area contributed by atoms with Crippen molar-refractivity contribution >= 4 is 5.91 Å². The standard InChI is InChI=1S/C28H30N2O/c31-28-26-14-8-7-13-25(26)27(29-28)23-15-18-30(19-16-23)20-17-24(21-9-3-1-4-10-21)22-11-5-2-6-12-22/h1-14,23-24,27H,15-20H2,(H,29,31). The average Bonchev–Trinajstić information content (AvgIpc) is 3.18. The van der Waals surface area contributed by atoms with Gasteiger partial charge in [0.05, 0.1) is 6.04 Å². The smallest absolute Gasteiger partial charge is 0.252 e. The number of hydrogen-bond donors (Lipinski definition) is 1. The van der Waals surface area contributed by atoms with Crippen molar-refractivity contribution in [3.8, 4) is 0 Å². The van der Waals surface area contributed by atoms with Crippen molar-refractivity contribution in [1.82, 2.24) is 10.2 Å². The van der Waals surface area contributed by atoms with E-state index in [4.69, 9.17) is 0 Å². The van der Waals surface area contributed by atoms with Gasteiger partial charge in [0, 0.05) is 11.5 Å². The number of nitrogens with one attached hydrogen (secondary N) is 1. The fourth-order valence-corrected chi connectivity index (χ4v) is 5.36. The van der Waals surface area contributed by atoms with Gasteiger partial charge in [0.2, 0.25) is 0 Å². The molecule has 2 aliphatic heterocycles. The number of piperidine rings is 1. The summed E-state index contributed by atoms with van der Waals surface area (Å²) in [6.07, 6.45) is 3.41. The van der Waals surface area contributed by atoms with Crippen LogP contribution in [-0.4, -0.2) is 30.4 Å². The summed E-state index contributed by atoms with van der Waals surface area (Å²) >= 11 is 0. The van der Waals surface area contributed by atoms with E-state index in [0.29, 0.717) is 11.8 Å². The third-order valence-corrected chi connectivity index (χ3v) is 7.07. The van der Waals surface area contributed by atoms with E-state index < -0.39 is 0 Å². The van der Waals surface area contributed by atoms with Crippen molar-refractivity contribution in [2.24, 2.45) is 5.92 Å². The quantitative estimate of drug-likeness (QED) is 0.590. The monoisotopic (exact) mass is 410 g/mol. The minimum atomic E-state index is 0.0941. The molecular weight excluding hydrogens is 380 g/mol. The SMILES string of the molecule is O=C1NC(C2CCN(CCC(c3ccccc3)c3ccccc3)CC2)c2ccccc21. The largest absolute Gasteiger partial charge is 0.345 e. The lowest BCUT2D eigenvalue weighted by Gasteiger charge is -2.35. The molecule has 0 aromatic heterocycles. The lowest BCUT2D eigenvalue weighted by atomic mass is 9.85. The zero-order valence-corrected chi connectivity index (χ0v) is 17.9. The predicted molar refractivity (Wildman–Crippen MR) is 125 cm³/mol. The molecule has 158 valence electrons. The topological polar surface area (TPSA) is 32.3 Å². The van der Waals surface area contributed by atoms with E-state index in [1.54, 1.807) is 0 Å². The van der Waals surface area contributed by atoms with Crippen molar-refractivity contribution in [2.75, 3.05) is 19.6 Å². The van der Waals surface area contributed by atoms with Gasteiger partial charge in [0.1, 0.15) is 0 Å². The molecule has 1 amide bonds. The van der Waals surface area contributed by atoms with Crippen LogP contribution in [0.4, 0.5) is 0 Å². The number of hydrogen-bond acceptors (Lipinski definition) is 2. The third-order valence-electron chi connectivity index (χ3n) is 7.07. The first-order valence-electron chi connectivity index (χ1n) is 11.5. The highest BCUT2D eigenvalue weighted by Gasteiger charge is 2.35. The van der Waals surface area contributed by atoms with Crippen LogP contribution in [0.1, 0.15) is 58.3 Å². The van der Waals surface area contributed by atoms with Gasteiger partial charge in [-0.2, -0.15) is 0 Å². The van der Waals surface area contributed by atoms with Crippen molar-refractivity contribution in [3.05, 3.63) is 107 Å². The number of benzene rings is 3. The minimum Gasteiger partial charge on any atom is -0.345 e. The summed E-state index contributed by atoms with van der Waals surface area (Å²) in [4.78, 5) is 14.9. The fourth-order valence-electron chi connectivity index (χ4n) is 5.36. The normalized spacial score (nSPS) is 19.4. The Morgan fingerprint density at radius 2 is 1.39 bits per heavy atom. The van der Waals surface area contributed by atoms with Crippen molar-refractivity contribution in [2.45, 2.75) is 31.2 Å². The molecule has 0 saturated carbocycles. The second-order valence-electron chi connectivity index (χ2n) is 8.88. The molecule has 3 nitrogen and oxygen atoms in total. The van der Waals surface area contributed by atoms with Crippen molar-refractivity contribution < 1.29 is 4.79 Å². The van der Waals surface area contributed by atoms with Crippen LogP contribution < -0.4 is 5.32 Å². The number of likely N-dealkylation sites (tertiary alicyclic amines) is 1. The third kappa shape index (κ3) is 4.28. The van der Waals surface area contributed by atoms with Crippen molar-refractivity contribution in [1.29, 1.82) is 0 Å². The molecule has 2 aliphatic rings. The molecule has 0 bridgehead atoms. The van der Waals surface area contributed by atoms with Crippen LogP contribution in [-0.2, 0) is 0 Å². The Bertz CT molecular complexity index is 970. The zero-order chi connectivity index (χ0) is 21.0. The summed E-state index contributed by atoms with van der Waals surface area (Å²) in [5.41, 5.74) is 4.85. The molecule has 5 rings (SSSR count). The first-order chi connectivity index (χ1) is 15.3. The van der Waals surface area contributed by atoms with Gasteiger partial charge in [-0.05, 0) is 67.6 Å². The fraction of sp³-hybridized carbons (Fsp3) is 0.321. The Morgan fingerprint density at radius 3 is 2.03 bits per heavy atom. The highest BCUT2D eigenvalue weighted by atomic mass is 16.2. The summed E-state index contributed by atoms with van der Waals surface area (Å²) in [5, 5.41) is 3.24. The van der Waals surface area contributed by atoms with Gasteiger partial charge in [-0.15, -0.1) is 0 Å². The van der Waals surface area contributed by atoms with E-state index >= 15 is 0 Å². The molecule has 1 fully saturated rings. The molecule has 3 aromatic carbocycles. The van der Waals surface area contributed by atoms with E-state index in [1.165, 1.54) is 16.7 Å². The van der Waals surface area contributed by atoms with Gasteiger partial charge in [0.15, 0.2) is 0 Å². The van der Waals surface area contributed by atoms with E-state index in [-0.39, 0.29) is 11.9 Å². The molecule has 1 unspecified atom stereocenters. The van der Waals surface area contributed by atoms with Gasteiger partial charge in [-0.3, -0.25) is 4.79 Å². The van der Waals surface area contributed by atoms with Crippen LogP contribution in [0.25, 0.3) is 0 Å². The number of fused-ring (bicyclic) bond motifs is 1. The Balaban J connectivity index is 1.21. The van der Waals surface area contributed by atoms with E-state index in [1.807, 2.05) is 12.1 Å². The second kappa shape index (κ2) is 9.07. The summed E-state index contributed by atoms with van der Waals surface area (Å²) in [7, 11) is 0.